The molecule has 0 spiro atoms. The van der Waals surface area contributed by atoms with Gasteiger partial charge in [0.25, 0.3) is 11.8 Å². The number of nitrogens with one attached hydrogen (secondary N) is 1. The zero-order valence-electron chi connectivity index (χ0n) is 12.9. The maximum Gasteiger partial charge on any atom is 0.253 e. The van der Waals surface area contributed by atoms with Gasteiger partial charge < -0.3 is 15.0 Å². The number of carbonyl (C=O) groups excluding carboxylic acids is 2. The number of anilines is 1. The topological polar surface area (TPSA) is 58.6 Å². The van der Waals surface area contributed by atoms with Gasteiger partial charge in [0.1, 0.15) is 6.61 Å². The van der Waals surface area contributed by atoms with Crippen LogP contribution in [-0.4, -0.2) is 37.6 Å². The molecular weight excluding hydrogens is 372 g/mol. The van der Waals surface area contributed by atoms with Crippen molar-refractivity contribution < 1.29 is 14.3 Å². The van der Waals surface area contributed by atoms with Gasteiger partial charge in [-0.25, -0.2) is 0 Å². The molecule has 1 aliphatic rings. The van der Waals surface area contributed by atoms with Crippen LogP contribution in [0.1, 0.15) is 10.4 Å². The molecule has 124 valence electrons. The summed E-state index contributed by atoms with van der Waals surface area (Å²) in [6.45, 7) is 0.788. The summed E-state index contributed by atoms with van der Waals surface area (Å²) >= 11 is 3.35. The molecule has 6 heteroatoms. The normalized spacial score (nSPS) is 17.6. The summed E-state index contributed by atoms with van der Waals surface area (Å²) in [7, 11) is 0. The molecule has 5 nitrogen and oxygen atoms in total. The average Bonchev–Trinajstić information content (AvgIpc) is 2.61. The van der Waals surface area contributed by atoms with E-state index in [1.807, 2.05) is 42.5 Å². The molecule has 1 heterocycles. The van der Waals surface area contributed by atoms with Crippen LogP contribution in [0.25, 0.3) is 0 Å². The van der Waals surface area contributed by atoms with Crippen LogP contribution in [-0.2, 0) is 9.53 Å². The van der Waals surface area contributed by atoms with Crippen molar-refractivity contribution in [2.24, 2.45) is 0 Å². The lowest BCUT2D eigenvalue weighted by molar-refractivity contribution is -0.129. The molecule has 2 aromatic carbocycles. The van der Waals surface area contributed by atoms with Crippen molar-refractivity contribution in [2.75, 3.05) is 24.6 Å². The molecule has 2 aromatic rings. The van der Waals surface area contributed by atoms with Gasteiger partial charge in [0.15, 0.2) is 0 Å². The Hall–Kier alpha value is -2.18. The highest BCUT2D eigenvalue weighted by molar-refractivity contribution is 9.10. The van der Waals surface area contributed by atoms with Crippen molar-refractivity contribution in [1.82, 2.24) is 5.32 Å². The zero-order chi connectivity index (χ0) is 16.9. The SMILES string of the molecule is O=C(NCC1CN(c2ccccc2)C(=O)CO1)c1cccc(Br)c1. The number of hydrogen-bond acceptors (Lipinski definition) is 3. The van der Waals surface area contributed by atoms with Crippen molar-refractivity contribution >= 4 is 33.4 Å². The molecule has 0 saturated carbocycles. The van der Waals surface area contributed by atoms with E-state index in [0.29, 0.717) is 18.7 Å². The number of rotatable bonds is 4. The minimum Gasteiger partial charge on any atom is -0.365 e. The van der Waals surface area contributed by atoms with Gasteiger partial charge in [0.2, 0.25) is 0 Å². The van der Waals surface area contributed by atoms with Crippen LogP contribution in [0.5, 0.6) is 0 Å². The molecule has 1 aliphatic heterocycles. The molecule has 0 radical (unpaired) electrons. The first-order valence-corrected chi connectivity index (χ1v) is 8.43. The quantitative estimate of drug-likeness (QED) is 0.875. The van der Waals surface area contributed by atoms with E-state index in [0.717, 1.165) is 10.2 Å². The number of hydrogen-bond donors (Lipinski definition) is 1. The second kappa shape index (κ2) is 7.59. The molecule has 0 bridgehead atoms. The molecule has 24 heavy (non-hydrogen) atoms. The van der Waals surface area contributed by atoms with Gasteiger partial charge >= 0.3 is 0 Å². The Balaban J connectivity index is 1.60. The predicted octanol–water partition coefficient (Wildman–Crippen LogP) is 2.61. The van der Waals surface area contributed by atoms with E-state index in [4.69, 9.17) is 4.74 Å². The lowest BCUT2D eigenvalue weighted by Gasteiger charge is -2.32. The lowest BCUT2D eigenvalue weighted by Crippen LogP contribution is -2.50. The van der Waals surface area contributed by atoms with Gasteiger partial charge in [0.05, 0.1) is 12.6 Å². The van der Waals surface area contributed by atoms with E-state index >= 15 is 0 Å². The van der Waals surface area contributed by atoms with Crippen LogP contribution in [0.3, 0.4) is 0 Å². The summed E-state index contributed by atoms with van der Waals surface area (Å²) in [4.78, 5) is 25.9. The molecule has 3 rings (SSSR count). The first-order valence-electron chi connectivity index (χ1n) is 7.64. The number of ether oxygens (including phenoxy) is 1. The van der Waals surface area contributed by atoms with E-state index in [-0.39, 0.29) is 24.5 Å². The monoisotopic (exact) mass is 388 g/mol. The maximum atomic E-state index is 12.2. The van der Waals surface area contributed by atoms with Gasteiger partial charge in [-0.05, 0) is 30.3 Å². The second-order valence-corrected chi connectivity index (χ2v) is 6.41. The fraction of sp³-hybridized carbons (Fsp3) is 0.222. The fourth-order valence-electron chi connectivity index (χ4n) is 2.54. The van der Waals surface area contributed by atoms with Crippen molar-refractivity contribution in [3.8, 4) is 0 Å². The number of para-hydroxylation sites is 1. The average molecular weight is 389 g/mol. The van der Waals surface area contributed by atoms with Gasteiger partial charge in [-0.15, -0.1) is 0 Å². The summed E-state index contributed by atoms with van der Waals surface area (Å²) in [5, 5.41) is 2.86. The minimum atomic E-state index is -0.237. The van der Waals surface area contributed by atoms with E-state index in [9.17, 15) is 9.59 Å². The summed E-state index contributed by atoms with van der Waals surface area (Å²) in [5.41, 5.74) is 1.42. The number of benzene rings is 2. The van der Waals surface area contributed by atoms with Crippen molar-refractivity contribution in [3.63, 3.8) is 0 Å². The van der Waals surface area contributed by atoms with Gasteiger partial charge in [-0.1, -0.05) is 40.2 Å². The number of morpholine rings is 1. The Morgan fingerprint density at radius 2 is 2.00 bits per heavy atom. The van der Waals surface area contributed by atoms with E-state index in [1.54, 1.807) is 17.0 Å². The first-order chi connectivity index (χ1) is 11.6. The van der Waals surface area contributed by atoms with Crippen LogP contribution in [0.4, 0.5) is 5.69 Å². The van der Waals surface area contributed by atoms with Gasteiger partial charge in [0, 0.05) is 22.3 Å². The highest BCUT2D eigenvalue weighted by Gasteiger charge is 2.27. The molecule has 1 fully saturated rings. The standard InChI is InChI=1S/C18H17BrN2O3/c19-14-6-4-5-13(9-14)18(23)20-10-16-11-21(17(22)12-24-16)15-7-2-1-3-8-15/h1-9,16H,10-12H2,(H,20,23). The first kappa shape index (κ1) is 16.7. The smallest absolute Gasteiger partial charge is 0.253 e. The number of amides is 2. The minimum absolute atomic E-state index is 0.0202. The Bertz CT molecular complexity index is 736. The van der Waals surface area contributed by atoms with Crippen molar-refractivity contribution in [1.29, 1.82) is 0 Å². The van der Waals surface area contributed by atoms with Crippen LogP contribution in [0, 0.1) is 0 Å². The number of carbonyl (C=O) groups is 2. The van der Waals surface area contributed by atoms with Gasteiger partial charge in [-0.2, -0.15) is 0 Å². The van der Waals surface area contributed by atoms with E-state index in [2.05, 4.69) is 21.2 Å². The van der Waals surface area contributed by atoms with Crippen LogP contribution in [0.2, 0.25) is 0 Å². The molecule has 0 aliphatic carbocycles. The second-order valence-electron chi connectivity index (χ2n) is 5.49. The summed E-state index contributed by atoms with van der Waals surface area (Å²) < 4.78 is 6.39. The third-order valence-corrected chi connectivity index (χ3v) is 4.27. The Labute approximate surface area is 148 Å². The molecule has 2 amide bonds. The molecule has 0 aromatic heterocycles. The fourth-order valence-corrected chi connectivity index (χ4v) is 2.94. The van der Waals surface area contributed by atoms with Crippen LogP contribution < -0.4 is 10.2 Å². The van der Waals surface area contributed by atoms with Crippen molar-refractivity contribution in [2.45, 2.75) is 6.10 Å². The summed E-state index contributed by atoms with van der Waals surface area (Å²) in [5.74, 6) is -0.237. The lowest BCUT2D eigenvalue weighted by atomic mass is 10.2. The highest BCUT2D eigenvalue weighted by atomic mass is 79.9. The van der Waals surface area contributed by atoms with Crippen LogP contribution >= 0.6 is 15.9 Å². The number of nitrogens with zero attached hydrogens (tertiary/aromatic N) is 1. The maximum absolute atomic E-state index is 12.2. The molecule has 1 atom stereocenters. The van der Waals surface area contributed by atoms with Crippen molar-refractivity contribution in [3.05, 3.63) is 64.6 Å². The summed E-state index contributed by atoms with van der Waals surface area (Å²) in [6, 6.07) is 16.7. The highest BCUT2D eigenvalue weighted by Crippen LogP contribution is 2.18. The van der Waals surface area contributed by atoms with E-state index in [1.165, 1.54) is 0 Å². The molecule has 1 saturated heterocycles. The molecular formula is C18H17BrN2O3. The molecule has 1 unspecified atom stereocenters. The predicted molar refractivity (Wildman–Crippen MR) is 95.0 cm³/mol. The Morgan fingerprint density at radius 1 is 1.21 bits per heavy atom. The van der Waals surface area contributed by atoms with Crippen LogP contribution in [0.15, 0.2) is 59.1 Å². The number of halogens is 1. The third kappa shape index (κ3) is 4.01. The largest absolute Gasteiger partial charge is 0.365 e. The molecule has 1 N–H and O–H groups in total. The summed E-state index contributed by atoms with van der Waals surface area (Å²) in [6.07, 6.45) is -0.237. The Morgan fingerprint density at radius 3 is 2.75 bits per heavy atom. The zero-order valence-corrected chi connectivity index (χ0v) is 14.5. The van der Waals surface area contributed by atoms with Gasteiger partial charge in [-0.3, -0.25) is 9.59 Å². The third-order valence-electron chi connectivity index (χ3n) is 3.77. The Kier molecular flexibility index (Phi) is 5.27. The van der Waals surface area contributed by atoms with E-state index < -0.39 is 0 Å².